The van der Waals surface area contributed by atoms with E-state index in [0.29, 0.717) is 0 Å². The molecule has 1 aliphatic carbocycles. The quantitative estimate of drug-likeness (QED) is 0.488. The van der Waals surface area contributed by atoms with Crippen LogP contribution in [0.4, 0.5) is 0 Å². The molecule has 0 heterocycles. The van der Waals surface area contributed by atoms with Crippen molar-refractivity contribution < 1.29 is 0 Å². The normalized spacial score (nSPS) is 26.6. The zero-order valence-electron chi connectivity index (χ0n) is 4.35. The van der Waals surface area contributed by atoms with E-state index in [1.54, 1.807) is 0 Å². The summed E-state index contributed by atoms with van der Waals surface area (Å²) in [6.07, 6.45) is 3.75. The molecular weight excluding hydrogens is 106 g/mol. The van der Waals surface area contributed by atoms with Crippen LogP contribution in [0, 0.1) is 0 Å². The van der Waals surface area contributed by atoms with Gasteiger partial charge in [0.05, 0.1) is 0 Å². The second-order valence-electron chi connectivity index (χ2n) is 2.28. The topological polar surface area (TPSA) is 26.0 Å². The average Bonchev–Trinajstić information content (AvgIpc) is 1.61. The van der Waals surface area contributed by atoms with E-state index in [9.17, 15) is 0 Å². The molecular formula is C5H11NS. The highest BCUT2D eigenvalue weighted by Crippen LogP contribution is 2.36. The maximum Gasteiger partial charge on any atom is 0.0252 e. The summed E-state index contributed by atoms with van der Waals surface area (Å²) in [5, 5.41) is 0. The fourth-order valence-electron chi connectivity index (χ4n) is 0.789. The van der Waals surface area contributed by atoms with Crippen LogP contribution in [-0.4, -0.2) is 11.3 Å². The molecule has 0 atom stereocenters. The zero-order chi connectivity index (χ0) is 5.33. The third-order valence-corrected chi connectivity index (χ3v) is 2.29. The summed E-state index contributed by atoms with van der Waals surface area (Å²) >= 11 is 4.35. The molecule has 42 valence electrons. The van der Waals surface area contributed by atoms with E-state index < -0.39 is 0 Å². The van der Waals surface area contributed by atoms with Crippen molar-refractivity contribution in [1.29, 1.82) is 0 Å². The van der Waals surface area contributed by atoms with E-state index >= 15 is 0 Å². The third kappa shape index (κ3) is 0.916. The van der Waals surface area contributed by atoms with Crippen LogP contribution < -0.4 is 5.73 Å². The fraction of sp³-hybridized carbons (Fsp3) is 1.00. The lowest BCUT2D eigenvalue weighted by Crippen LogP contribution is -2.38. The van der Waals surface area contributed by atoms with Gasteiger partial charge in [0.1, 0.15) is 0 Å². The van der Waals surface area contributed by atoms with Gasteiger partial charge in [-0.3, -0.25) is 0 Å². The van der Waals surface area contributed by atoms with E-state index in [1.807, 2.05) is 0 Å². The Hall–Kier alpha value is 0.310. The first-order chi connectivity index (χ1) is 3.27. The van der Waals surface area contributed by atoms with Gasteiger partial charge in [-0.05, 0) is 12.8 Å². The van der Waals surface area contributed by atoms with Crippen LogP contribution in [0.15, 0.2) is 0 Å². The summed E-state index contributed by atoms with van der Waals surface area (Å²) in [4.78, 5) is 0. The van der Waals surface area contributed by atoms with E-state index in [1.165, 1.54) is 19.3 Å². The Kier molecular flexibility index (Phi) is 1.30. The first kappa shape index (κ1) is 5.45. The van der Waals surface area contributed by atoms with Crippen molar-refractivity contribution >= 4 is 12.6 Å². The molecule has 1 rings (SSSR count). The highest BCUT2D eigenvalue weighted by molar-refractivity contribution is 7.81. The highest BCUT2D eigenvalue weighted by atomic mass is 32.1. The van der Waals surface area contributed by atoms with Crippen LogP contribution in [0.25, 0.3) is 0 Å². The van der Waals surface area contributed by atoms with E-state index in [4.69, 9.17) is 5.73 Å². The van der Waals surface area contributed by atoms with Crippen molar-refractivity contribution in [3.05, 3.63) is 0 Å². The largest absolute Gasteiger partial charge is 0.329 e. The SMILES string of the molecule is NCC1(S)CCC1. The van der Waals surface area contributed by atoms with Crippen LogP contribution >= 0.6 is 12.6 Å². The minimum atomic E-state index is 0.236. The summed E-state index contributed by atoms with van der Waals surface area (Å²) in [5.74, 6) is 0. The Morgan fingerprint density at radius 2 is 2.14 bits per heavy atom. The molecule has 0 aromatic carbocycles. The van der Waals surface area contributed by atoms with Gasteiger partial charge in [-0.15, -0.1) is 0 Å². The number of thiol groups is 1. The summed E-state index contributed by atoms with van der Waals surface area (Å²) < 4.78 is 0.236. The minimum Gasteiger partial charge on any atom is -0.329 e. The Labute approximate surface area is 49.7 Å². The highest BCUT2D eigenvalue weighted by Gasteiger charge is 2.30. The first-order valence-corrected chi connectivity index (χ1v) is 3.14. The number of nitrogens with two attached hydrogens (primary N) is 1. The standard InChI is InChI=1S/C5H11NS/c6-4-5(7)2-1-3-5/h7H,1-4,6H2. The second-order valence-corrected chi connectivity index (χ2v) is 3.23. The molecule has 0 aliphatic heterocycles. The van der Waals surface area contributed by atoms with Gasteiger partial charge in [0.25, 0.3) is 0 Å². The number of rotatable bonds is 1. The van der Waals surface area contributed by atoms with Gasteiger partial charge in [-0.1, -0.05) is 6.42 Å². The lowest BCUT2D eigenvalue weighted by Gasteiger charge is -2.35. The Bertz CT molecular complexity index is 63.0. The predicted molar refractivity (Wildman–Crippen MR) is 34.6 cm³/mol. The molecule has 0 radical (unpaired) electrons. The zero-order valence-corrected chi connectivity index (χ0v) is 5.25. The molecule has 2 N–H and O–H groups in total. The summed E-state index contributed by atoms with van der Waals surface area (Å²) in [7, 11) is 0. The van der Waals surface area contributed by atoms with Gasteiger partial charge in [-0.2, -0.15) is 12.6 Å². The van der Waals surface area contributed by atoms with Crippen LogP contribution in [0.5, 0.6) is 0 Å². The smallest absolute Gasteiger partial charge is 0.0252 e. The van der Waals surface area contributed by atoms with Crippen LogP contribution in [-0.2, 0) is 0 Å². The molecule has 0 spiro atoms. The predicted octanol–water partition coefficient (Wildman–Crippen LogP) is 0.798. The van der Waals surface area contributed by atoms with Crippen molar-refractivity contribution in [1.82, 2.24) is 0 Å². The number of hydrogen-bond acceptors (Lipinski definition) is 2. The molecule has 0 aromatic rings. The van der Waals surface area contributed by atoms with Crippen molar-refractivity contribution in [3.63, 3.8) is 0 Å². The Morgan fingerprint density at radius 1 is 1.57 bits per heavy atom. The van der Waals surface area contributed by atoms with Crippen LogP contribution in [0.2, 0.25) is 0 Å². The molecule has 0 aromatic heterocycles. The van der Waals surface area contributed by atoms with Gasteiger partial charge in [0.15, 0.2) is 0 Å². The fourth-order valence-corrected chi connectivity index (χ4v) is 1.11. The summed E-state index contributed by atoms with van der Waals surface area (Å²) in [6.45, 7) is 0.746. The van der Waals surface area contributed by atoms with E-state index in [2.05, 4.69) is 12.6 Å². The maximum atomic E-state index is 5.39. The molecule has 1 aliphatic rings. The van der Waals surface area contributed by atoms with Crippen LogP contribution in [0.1, 0.15) is 19.3 Å². The van der Waals surface area contributed by atoms with Crippen molar-refractivity contribution in [2.24, 2.45) is 5.73 Å². The molecule has 0 saturated heterocycles. The van der Waals surface area contributed by atoms with Gasteiger partial charge in [-0.25, -0.2) is 0 Å². The molecule has 1 saturated carbocycles. The molecule has 1 nitrogen and oxygen atoms in total. The summed E-state index contributed by atoms with van der Waals surface area (Å²) in [5.41, 5.74) is 5.39. The van der Waals surface area contributed by atoms with Gasteiger partial charge in [0.2, 0.25) is 0 Å². The first-order valence-electron chi connectivity index (χ1n) is 2.69. The lowest BCUT2D eigenvalue weighted by molar-refractivity contribution is 0.374. The lowest BCUT2D eigenvalue weighted by atomic mass is 9.84. The minimum absolute atomic E-state index is 0.236. The summed E-state index contributed by atoms with van der Waals surface area (Å²) in [6, 6.07) is 0. The number of hydrogen-bond donors (Lipinski definition) is 2. The van der Waals surface area contributed by atoms with E-state index in [-0.39, 0.29) is 4.75 Å². The maximum absolute atomic E-state index is 5.39. The Morgan fingerprint density at radius 3 is 2.14 bits per heavy atom. The van der Waals surface area contributed by atoms with Crippen molar-refractivity contribution in [2.75, 3.05) is 6.54 Å². The van der Waals surface area contributed by atoms with E-state index in [0.717, 1.165) is 6.54 Å². The monoisotopic (exact) mass is 117 g/mol. The molecule has 1 fully saturated rings. The molecule has 0 bridgehead atoms. The van der Waals surface area contributed by atoms with Gasteiger partial charge in [0, 0.05) is 11.3 Å². The molecule has 0 unspecified atom stereocenters. The van der Waals surface area contributed by atoms with Crippen molar-refractivity contribution in [2.45, 2.75) is 24.0 Å². The van der Waals surface area contributed by atoms with Gasteiger partial charge < -0.3 is 5.73 Å². The van der Waals surface area contributed by atoms with Crippen LogP contribution in [0.3, 0.4) is 0 Å². The average molecular weight is 117 g/mol. The Balaban J connectivity index is 2.29. The molecule has 2 heteroatoms. The molecule has 7 heavy (non-hydrogen) atoms. The molecule has 0 amide bonds. The van der Waals surface area contributed by atoms with Gasteiger partial charge >= 0.3 is 0 Å². The second kappa shape index (κ2) is 1.67. The van der Waals surface area contributed by atoms with Crippen molar-refractivity contribution in [3.8, 4) is 0 Å². The third-order valence-electron chi connectivity index (χ3n) is 1.66.